The number of aromatic carboxylic acids is 1. The van der Waals surface area contributed by atoms with E-state index in [4.69, 9.17) is 67.4 Å². The number of hydrogen-bond acceptors (Lipinski definition) is 20. The molecule has 0 radical (unpaired) electrons. The molecule has 0 saturated heterocycles. The highest BCUT2D eigenvalue weighted by molar-refractivity contribution is 9.08. The number of alkyl halides is 1. The molecule has 6 aromatic carbocycles. The Morgan fingerprint density at radius 3 is 1.29 bits per heavy atom. The van der Waals surface area contributed by atoms with E-state index < -0.39 is 28.8 Å². The number of ketones is 2. The van der Waals surface area contributed by atoms with Crippen molar-refractivity contribution in [3.05, 3.63) is 279 Å². The van der Waals surface area contributed by atoms with E-state index in [0.29, 0.717) is 105 Å². The number of carboxylic acids is 1. The van der Waals surface area contributed by atoms with Crippen LogP contribution in [0.3, 0.4) is 0 Å². The molecule has 2 unspecified atom stereocenters. The zero-order valence-corrected chi connectivity index (χ0v) is 68.4. The van der Waals surface area contributed by atoms with Gasteiger partial charge in [-0.2, -0.15) is 0 Å². The summed E-state index contributed by atoms with van der Waals surface area (Å²) in [4.78, 5) is 72.0. The van der Waals surface area contributed by atoms with E-state index in [9.17, 15) is 38.2 Å². The van der Waals surface area contributed by atoms with Gasteiger partial charge in [0, 0.05) is 125 Å². The fourth-order valence-electron chi connectivity index (χ4n) is 12.4. The molecule has 116 heavy (non-hydrogen) atoms. The second-order valence-corrected chi connectivity index (χ2v) is 28.1. The topological polar surface area (TPSA) is 311 Å². The highest BCUT2D eigenvalue weighted by atomic mass is 79.9. The lowest BCUT2D eigenvalue weighted by Gasteiger charge is -2.28. The number of allylic oxidation sites excluding steroid dienone is 1. The van der Waals surface area contributed by atoms with E-state index in [1.807, 2.05) is 75.8 Å². The van der Waals surface area contributed by atoms with Crippen LogP contribution in [0.1, 0.15) is 133 Å². The largest absolute Gasteiger partial charge is 0.496 e. The number of pyridine rings is 2. The number of ether oxygens (including phenoxy) is 7. The zero-order chi connectivity index (χ0) is 83.5. The Bertz CT molecular complexity index is 5180. The number of Topliss-reactive ketones (excluding diaryl/α,β-unsaturated/α-hetero) is 2. The molecule has 0 bridgehead atoms. The number of methoxy groups -OCH3 is 7. The van der Waals surface area contributed by atoms with Crippen molar-refractivity contribution in [3.63, 3.8) is 0 Å². The van der Waals surface area contributed by atoms with Gasteiger partial charge in [-0.05, 0) is 141 Å². The summed E-state index contributed by atoms with van der Waals surface area (Å²) in [6, 6.07) is 36.6. The number of carbonyl (C=O) groups excluding carboxylic acids is 3. The molecule has 11 aromatic rings. The van der Waals surface area contributed by atoms with Gasteiger partial charge >= 0.3 is 11.9 Å². The smallest absolute Gasteiger partial charge is 0.337 e. The van der Waals surface area contributed by atoms with Crippen molar-refractivity contribution in [2.75, 3.05) is 56.3 Å². The molecule has 29 heteroatoms. The predicted octanol–water partition coefficient (Wildman–Crippen LogP) is 16.7. The number of nitrogens with two attached hydrogens (primary N) is 1. The number of aliphatic hydroxyl groups is 2. The summed E-state index contributed by atoms with van der Waals surface area (Å²) in [5, 5.41) is 32.3. The molecule has 0 spiro atoms. The molecule has 5 N–H and O–H groups in total. The normalized spacial score (nSPS) is 13.3. The first-order valence-electron chi connectivity index (χ1n) is 36.8. The Morgan fingerprint density at radius 1 is 0.526 bits per heavy atom. The van der Waals surface area contributed by atoms with Gasteiger partial charge in [-0.1, -0.05) is 88.5 Å². The minimum Gasteiger partial charge on any atom is -0.496 e. The number of aliphatic imine (C=N–C) groups is 1. The summed E-state index contributed by atoms with van der Waals surface area (Å²) in [6.07, 6.45) is 27.0. The number of halogens is 5. The summed E-state index contributed by atoms with van der Waals surface area (Å²) in [5.74, 6) is 1.39. The molecule has 6 heterocycles. The van der Waals surface area contributed by atoms with Crippen LogP contribution < -0.4 is 34.2 Å². The van der Waals surface area contributed by atoms with E-state index in [2.05, 4.69) is 45.6 Å². The quantitative estimate of drug-likeness (QED) is 0.0201. The number of rotatable bonds is 28. The number of imidazole rings is 3. The Labute approximate surface area is 689 Å². The zero-order valence-electron chi connectivity index (χ0n) is 65.3. The molecule has 0 amide bonds. The second-order valence-electron chi connectivity index (χ2n) is 26.7. The lowest BCUT2D eigenvalue weighted by molar-refractivity contribution is -0.00111. The highest BCUT2D eigenvalue weighted by Crippen LogP contribution is 2.50. The Hall–Kier alpha value is -11.5. The molecule has 2 aliphatic carbocycles. The van der Waals surface area contributed by atoms with Crippen molar-refractivity contribution in [2.45, 2.75) is 94.5 Å². The van der Waals surface area contributed by atoms with Gasteiger partial charge < -0.3 is 67.9 Å². The molecule has 2 saturated carbocycles. The average Bonchev–Trinajstić information content (AvgIpc) is 1.51. The molecular weight excluding hydrogens is 1600 g/mol. The number of nitrogens with zero attached hydrogens (tertiary/aromatic N) is 9. The van der Waals surface area contributed by atoms with E-state index in [1.165, 1.54) is 58.8 Å². The molecule has 608 valence electrons. The first kappa shape index (κ1) is 88.5. The van der Waals surface area contributed by atoms with E-state index in [-0.39, 0.29) is 64.4 Å². The Balaban J connectivity index is 0.000000172. The number of esters is 1. The van der Waals surface area contributed by atoms with E-state index >= 15 is 0 Å². The third-order valence-corrected chi connectivity index (χ3v) is 20.4. The van der Waals surface area contributed by atoms with Crippen LogP contribution >= 0.6 is 39.1 Å². The molecule has 5 aromatic heterocycles. The Kier molecular flexibility index (Phi) is 32.6. The molecular formula is C87H91BrCl2F2N10O14. The maximum atomic E-state index is 13.8. The molecule has 24 nitrogen and oxygen atoms in total. The first-order valence-corrected chi connectivity index (χ1v) is 38.7. The maximum absolute atomic E-state index is 13.8. The van der Waals surface area contributed by atoms with Crippen molar-refractivity contribution < 1.29 is 76.4 Å². The van der Waals surface area contributed by atoms with Gasteiger partial charge in [-0.15, -0.1) is 0 Å². The summed E-state index contributed by atoms with van der Waals surface area (Å²) in [7, 11) is 10.7. The number of carboxylic acid groups (broad SMARTS) is 1. The van der Waals surface area contributed by atoms with E-state index in [0.717, 1.165) is 65.4 Å². The Morgan fingerprint density at radius 2 is 0.931 bits per heavy atom. The van der Waals surface area contributed by atoms with Crippen molar-refractivity contribution in [1.29, 1.82) is 0 Å². The third-order valence-electron chi connectivity index (χ3n) is 19.2. The number of carbonyl (C=O) groups is 4. The molecule has 1 aliphatic heterocycles. The van der Waals surface area contributed by atoms with Crippen LogP contribution in [0.15, 0.2) is 207 Å². The average molecular weight is 1690 g/mol. The second kappa shape index (κ2) is 42.8. The minimum absolute atomic E-state index is 0.00744. The molecule has 2 fully saturated rings. The minimum atomic E-state index is -1.30. The van der Waals surface area contributed by atoms with Crippen molar-refractivity contribution in [2.24, 2.45) is 22.6 Å². The first-order chi connectivity index (χ1) is 56.0. The van der Waals surface area contributed by atoms with Gasteiger partial charge in [0.05, 0.1) is 121 Å². The lowest BCUT2D eigenvalue weighted by atomic mass is 9.86. The van der Waals surface area contributed by atoms with Crippen LogP contribution in [-0.4, -0.2) is 140 Å². The summed E-state index contributed by atoms with van der Waals surface area (Å²) < 4.78 is 69.6. The van der Waals surface area contributed by atoms with Gasteiger partial charge in [-0.3, -0.25) is 14.6 Å². The highest BCUT2D eigenvalue weighted by Gasteiger charge is 2.47. The van der Waals surface area contributed by atoms with Crippen LogP contribution in [0.2, 0.25) is 10.0 Å². The predicted molar refractivity (Wildman–Crippen MR) is 442 cm³/mol. The SMILES string of the molecule is C1=CN=CC1.CCC(=O)c1ccc(CBr)c(OC)c1.COC(=O)c1ccc(Cn2ccnc2)c(OC)c1.COc1cc(C(=O)CCC(O)(c2ccc(OC)c(-c3ccc(F)c(Cl)c3)n2)C2CC2)ccc1Cn1ccnc1.COc1cc(C(=O)O)ccc1Cn1ccnc1.COc1ccc(C(O)(CN)C2CC2)nc1-c1ccc(F)c(Cl)c1. The van der Waals surface area contributed by atoms with Gasteiger partial charge in [0.15, 0.2) is 11.6 Å². The van der Waals surface area contributed by atoms with Crippen molar-refractivity contribution in [1.82, 2.24) is 38.6 Å². The van der Waals surface area contributed by atoms with E-state index in [1.54, 1.807) is 144 Å². The molecule has 3 aliphatic rings. The molecule has 14 rings (SSSR count). The fourth-order valence-corrected chi connectivity index (χ4v) is 13.3. The van der Waals surface area contributed by atoms with Crippen LogP contribution in [0.4, 0.5) is 8.78 Å². The summed E-state index contributed by atoms with van der Waals surface area (Å²) >= 11 is 15.2. The maximum Gasteiger partial charge on any atom is 0.337 e. The third kappa shape index (κ3) is 23.6. The van der Waals surface area contributed by atoms with Crippen molar-refractivity contribution >= 4 is 68.9 Å². The number of hydrogen-bond donors (Lipinski definition) is 4. The van der Waals surface area contributed by atoms with Crippen LogP contribution in [0, 0.1) is 23.5 Å². The molecule has 2 atom stereocenters. The standard InChI is InChI=1S/C30H29ClFN3O4.C17H18ClFN2O2.C13H14N2O3.C12H12N2O3.C11H13BrO2.C4H5N/c1-38-26-9-10-28(34-29(26)20-5-8-24(32)23(31)15-20)30(37,22-6-7-22)12-11-25(36)19-3-4-21(27(16-19)39-2)17-35-14-13-33-18-35;1-23-14-6-7-15(17(22,9-20)11-3-4-11)21-16(14)10-2-5-13(19)12(18)8-10;1-17-12-7-10(13(16)18-2)3-4-11(12)8-15-6-5-14-9-15;1-17-11-6-9(12(15)16)2-3-10(11)7-14-5-4-13-8-14;1-3-10(13)8-4-5-9(7-12)11(6-8)14-2;1-2-4-5-3-1/h3-5,8-10,13-16,18,22,37H,6-7,11-12,17H2,1-2H3;2,5-8,11,22H,3-4,9,20H2,1H3;3-7,9H,8H2,1-2H3;2-6,8H,7H2,1H3,(H,15,16);4-6H,3,7H2,1-2H3;1,3-4H,2H2. The summed E-state index contributed by atoms with van der Waals surface area (Å²) in [5.41, 5.74) is 12.2. The van der Waals surface area contributed by atoms with Gasteiger partial charge in [-0.25, -0.2) is 43.3 Å². The van der Waals surface area contributed by atoms with Crippen molar-refractivity contribution in [3.8, 4) is 57.0 Å². The number of aromatic nitrogens is 8. The lowest BCUT2D eigenvalue weighted by Crippen LogP contribution is -2.38. The van der Waals surface area contributed by atoms with Gasteiger partial charge in [0.1, 0.15) is 68.7 Å². The van der Waals surface area contributed by atoms with Crippen LogP contribution in [-0.2, 0) is 40.9 Å². The monoisotopic (exact) mass is 1690 g/mol. The fraction of sp³-hybridized carbons (Fsp3) is 0.287. The van der Waals surface area contributed by atoms with Gasteiger partial charge in [0.2, 0.25) is 0 Å². The van der Waals surface area contributed by atoms with Gasteiger partial charge in [0.25, 0.3) is 0 Å². The van der Waals surface area contributed by atoms with Crippen LogP contribution in [0.25, 0.3) is 22.5 Å². The summed E-state index contributed by atoms with van der Waals surface area (Å²) in [6.45, 7) is 3.77. The number of benzene rings is 6. The van der Waals surface area contributed by atoms with Crippen LogP contribution in [0.5, 0.6) is 34.5 Å².